The predicted molar refractivity (Wildman–Crippen MR) is 83.0 cm³/mol. The summed E-state index contributed by atoms with van der Waals surface area (Å²) in [6.45, 7) is 0. The third-order valence-corrected chi connectivity index (χ3v) is 5.09. The fourth-order valence-corrected chi connectivity index (χ4v) is 4.20. The maximum absolute atomic E-state index is 13.0. The number of nitrogens with two attached hydrogens (primary N) is 1. The summed E-state index contributed by atoms with van der Waals surface area (Å²) in [5, 5.41) is 12.6. The van der Waals surface area contributed by atoms with E-state index in [2.05, 4.69) is 16.4 Å². The van der Waals surface area contributed by atoms with E-state index >= 15 is 0 Å². The Morgan fingerprint density at radius 3 is 3.00 bits per heavy atom. The second-order valence-corrected chi connectivity index (χ2v) is 6.08. The van der Waals surface area contributed by atoms with Gasteiger partial charge in [-0.05, 0) is 30.9 Å². The number of aliphatic imine (C=N–C) groups is 1. The van der Waals surface area contributed by atoms with Crippen LogP contribution in [-0.4, -0.2) is 11.6 Å². The van der Waals surface area contributed by atoms with E-state index in [0.717, 1.165) is 42.6 Å². The van der Waals surface area contributed by atoms with Gasteiger partial charge in [0, 0.05) is 17.3 Å². The lowest BCUT2D eigenvalue weighted by Gasteiger charge is -2.41. The van der Waals surface area contributed by atoms with Crippen molar-refractivity contribution >= 4 is 17.3 Å². The van der Waals surface area contributed by atoms with E-state index in [4.69, 9.17) is 5.73 Å². The van der Waals surface area contributed by atoms with Crippen molar-refractivity contribution in [2.45, 2.75) is 31.1 Å². The molecule has 1 amide bonds. The second-order valence-electron chi connectivity index (χ2n) is 6.08. The van der Waals surface area contributed by atoms with Crippen molar-refractivity contribution in [3.63, 3.8) is 0 Å². The van der Waals surface area contributed by atoms with E-state index < -0.39 is 5.41 Å². The molecule has 1 aliphatic carbocycles. The van der Waals surface area contributed by atoms with Crippen molar-refractivity contribution in [1.82, 2.24) is 0 Å². The summed E-state index contributed by atoms with van der Waals surface area (Å²) in [7, 11) is 0. The summed E-state index contributed by atoms with van der Waals surface area (Å²) < 4.78 is 0. The van der Waals surface area contributed by atoms with Crippen LogP contribution in [0, 0.1) is 17.2 Å². The minimum atomic E-state index is -0.993. The number of carbonyl (C=O) groups excluding carboxylic acids is 1. The Labute approximate surface area is 128 Å². The zero-order valence-electron chi connectivity index (χ0n) is 12.1. The topological polar surface area (TPSA) is 91.3 Å². The smallest absolute Gasteiger partial charge is 0.241 e. The molecule has 0 saturated heterocycles. The number of benzene rings is 1. The minimum Gasteiger partial charge on any atom is -0.383 e. The SMILES string of the molecule is N#CC1=C(N)N=C2CCCCC2C12C(=O)Nc1ccccc12. The quantitative estimate of drug-likeness (QED) is 0.768. The monoisotopic (exact) mass is 292 g/mol. The number of anilines is 1. The van der Waals surface area contributed by atoms with Gasteiger partial charge in [0.2, 0.25) is 5.91 Å². The van der Waals surface area contributed by atoms with Gasteiger partial charge in [-0.15, -0.1) is 0 Å². The Morgan fingerprint density at radius 2 is 2.18 bits per heavy atom. The van der Waals surface area contributed by atoms with Gasteiger partial charge in [0.1, 0.15) is 17.3 Å². The number of hydrogen-bond donors (Lipinski definition) is 2. The number of carbonyl (C=O) groups is 1. The van der Waals surface area contributed by atoms with Gasteiger partial charge in [-0.25, -0.2) is 4.99 Å². The standard InChI is InChI=1S/C17H16N4O/c18-9-12-15(19)20-13-7-3-1-5-10(13)17(12)11-6-2-4-8-14(11)21-16(17)22/h2,4,6,8,10H,1,3,5,7,19H2,(H,21,22). The van der Waals surface area contributed by atoms with Gasteiger partial charge in [-0.2, -0.15) is 5.26 Å². The molecule has 1 aromatic rings. The molecule has 0 bridgehead atoms. The van der Waals surface area contributed by atoms with Crippen LogP contribution in [0.5, 0.6) is 0 Å². The van der Waals surface area contributed by atoms with E-state index in [9.17, 15) is 10.1 Å². The molecule has 0 aromatic heterocycles. The van der Waals surface area contributed by atoms with Crippen molar-refractivity contribution in [2.24, 2.45) is 16.6 Å². The number of nitrogens with zero attached hydrogens (tertiary/aromatic N) is 2. The molecule has 2 unspecified atom stereocenters. The molecular weight excluding hydrogens is 276 g/mol. The highest BCUT2D eigenvalue weighted by molar-refractivity contribution is 6.13. The Bertz CT molecular complexity index is 786. The summed E-state index contributed by atoms with van der Waals surface area (Å²) >= 11 is 0. The largest absolute Gasteiger partial charge is 0.383 e. The molecule has 2 aliphatic heterocycles. The van der Waals surface area contributed by atoms with Crippen molar-refractivity contribution < 1.29 is 4.79 Å². The Hall–Kier alpha value is -2.61. The molecule has 1 aromatic carbocycles. The van der Waals surface area contributed by atoms with Gasteiger partial charge in [-0.3, -0.25) is 4.79 Å². The van der Waals surface area contributed by atoms with Crippen LogP contribution >= 0.6 is 0 Å². The molecule has 3 aliphatic rings. The van der Waals surface area contributed by atoms with Gasteiger partial charge in [0.05, 0.1) is 5.57 Å². The number of amides is 1. The lowest BCUT2D eigenvalue weighted by molar-refractivity contribution is -0.120. The van der Waals surface area contributed by atoms with Crippen molar-refractivity contribution in [3.8, 4) is 6.07 Å². The van der Waals surface area contributed by atoms with E-state index in [-0.39, 0.29) is 17.6 Å². The lowest BCUT2D eigenvalue weighted by atomic mass is 9.60. The molecule has 2 heterocycles. The van der Waals surface area contributed by atoms with Crippen LogP contribution in [0.2, 0.25) is 0 Å². The van der Waals surface area contributed by atoms with Gasteiger partial charge in [0.15, 0.2) is 0 Å². The first kappa shape index (κ1) is 13.1. The Balaban J connectivity index is 2.05. The predicted octanol–water partition coefficient (Wildman–Crippen LogP) is 2.22. The van der Waals surface area contributed by atoms with E-state index in [1.165, 1.54) is 0 Å². The summed E-state index contributed by atoms with van der Waals surface area (Å²) in [6, 6.07) is 9.77. The van der Waals surface area contributed by atoms with Crippen LogP contribution in [0.4, 0.5) is 5.69 Å². The van der Waals surface area contributed by atoms with Gasteiger partial charge < -0.3 is 11.1 Å². The van der Waals surface area contributed by atoms with E-state index in [1.807, 2.05) is 24.3 Å². The third-order valence-electron chi connectivity index (χ3n) is 5.09. The van der Waals surface area contributed by atoms with Crippen LogP contribution in [0.1, 0.15) is 31.2 Å². The van der Waals surface area contributed by atoms with Gasteiger partial charge in [-0.1, -0.05) is 24.6 Å². The summed E-state index contributed by atoms with van der Waals surface area (Å²) in [5.41, 5.74) is 7.97. The fraction of sp³-hybridized carbons (Fsp3) is 0.353. The average molecular weight is 292 g/mol. The van der Waals surface area contributed by atoms with Crippen molar-refractivity contribution in [2.75, 3.05) is 5.32 Å². The highest BCUT2D eigenvalue weighted by atomic mass is 16.2. The van der Waals surface area contributed by atoms with Crippen LogP contribution in [-0.2, 0) is 10.2 Å². The zero-order valence-corrected chi connectivity index (χ0v) is 12.1. The molecule has 110 valence electrons. The van der Waals surface area contributed by atoms with Crippen LogP contribution < -0.4 is 11.1 Å². The first-order chi connectivity index (χ1) is 10.7. The highest BCUT2D eigenvalue weighted by Gasteiger charge is 2.59. The van der Waals surface area contributed by atoms with E-state index in [1.54, 1.807) is 0 Å². The summed E-state index contributed by atoms with van der Waals surface area (Å²) in [4.78, 5) is 17.4. The molecular formula is C17H16N4O. The van der Waals surface area contributed by atoms with Crippen molar-refractivity contribution in [3.05, 3.63) is 41.2 Å². The second kappa shape index (κ2) is 4.44. The molecule has 1 saturated carbocycles. The molecule has 5 heteroatoms. The number of para-hydroxylation sites is 1. The molecule has 1 spiro atoms. The van der Waals surface area contributed by atoms with Crippen LogP contribution in [0.3, 0.4) is 0 Å². The summed E-state index contributed by atoms with van der Waals surface area (Å²) in [6.07, 6.45) is 3.81. The number of nitrogens with one attached hydrogen (secondary N) is 1. The van der Waals surface area contributed by atoms with Gasteiger partial charge >= 0.3 is 0 Å². The average Bonchev–Trinajstić information content (AvgIpc) is 2.81. The molecule has 5 nitrogen and oxygen atoms in total. The van der Waals surface area contributed by atoms with E-state index in [0.29, 0.717) is 5.57 Å². The fourth-order valence-electron chi connectivity index (χ4n) is 4.20. The third kappa shape index (κ3) is 1.42. The van der Waals surface area contributed by atoms with Crippen LogP contribution in [0.25, 0.3) is 0 Å². The highest BCUT2D eigenvalue weighted by Crippen LogP contribution is 2.53. The molecule has 4 rings (SSSR count). The molecule has 22 heavy (non-hydrogen) atoms. The number of fused-ring (bicyclic) bond motifs is 4. The van der Waals surface area contributed by atoms with Crippen molar-refractivity contribution in [1.29, 1.82) is 5.26 Å². The Morgan fingerprint density at radius 1 is 1.36 bits per heavy atom. The minimum absolute atomic E-state index is 0.0631. The first-order valence-corrected chi connectivity index (χ1v) is 7.58. The number of rotatable bonds is 0. The normalized spacial score (nSPS) is 29.5. The summed E-state index contributed by atoms with van der Waals surface area (Å²) in [5.74, 6) is -0.0122. The molecule has 2 atom stereocenters. The zero-order chi connectivity index (χ0) is 15.3. The maximum Gasteiger partial charge on any atom is 0.241 e. The number of nitriles is 1. The Kier molecular flexibility index (Phi) is 2.64. The molecule has 3 N–H and O–H groups in total. The van der Waals surface area contributed by atoms with Crippen LogP contribution in [0.15, 0.2) is 40.7 Å². The first-order valence-electron chi connectivity index (χ1n) is 7.58. The number of hydrogen-bond acceptors (Lipinski definition) is 4. The lowest BCUT2D eigenvalue weighted by Crippen LogP contribution is -2.50. The molecule has 1 fully saturated rings. The maximum atomic E-state index is 13.0. The molecule has 0 radical (unpaired) electrons. The van der Waals surface area contributed by atoms with Gasteiger partial charge in [0.25, 0.3) is 0 Å².